The molecule has 31 heavy (non-hydrogen) atoms. The molecule has 8 heteroatoms. The van der Waals surface area contributed by atoms with Gasteiger partial charge in [-0.1, -0.05) is 15.9 Å². The number of carbonyl (C=O) groups is 2. The number of amides is 2. The van der Waals surface area contributed by atoms with Crippen molar-refractivity contribution in [3.8, 4) is 5.69 Å². The highest BCUT2D eigenvalue weighted by Crippen LogP contribution is 2.23. The van der Waals surface area contributed by atoms with E-state index >= 15 is 0 Å². The van der Waals surface area contributed by atoms with Crippen molar-refractivity contribution >= 4 is 27.7 Å². The molecule has 1 fully saturated rings. The highest BCUT2D eigenvalue weighted by molar-refractivity contribution is 9.10. The Bertz CT molecular complexity index is 1110. The Hall–Kier alpha value is -2.87. The minimum absolute atomic E-state index is 0.00924. The third kappa shape index (κ3) is 4.30. The number of hydrogen-bond donors (Lipinski definition) is 1. The zero-order chi connectivity index (χ0) is 22.1. The van der Waals surface area contributed by atoms with Crippen LogP contribution in [0.4, 0.5) is 0 Å². The quantitative estimate of drug-likeness (QED) is 0.601. The Morgan fingerprint density at radius 3 is 2.39 bits per heavy atom. The Kier molecular flexibility index (Phi) is 6.00. The molecule has 2 aromatic heterocycles. The van der Waals surface area contributed by atoms with Gasteiger partial charge in [0.25, 0.3) is 11.8 Å². The molecule has 0 unspecified atom stereocenters. The molecule has 0 aliphatic carbocycles. The van der Waals surface area contributed by atoms with Gasteiger partial charge in [0.05, 0.1) is 28.9 Å². The van der Waals surface area contributed by atoms with E-state index in [0.29, 0.717) is 42.9 Å². The van der Waals surface area contributed by atoms with E-state index in [0.717, 1.165) is 21.4 Å². The van der Waals surface area contributed by atoms with Crippen molar-refractivity contribution in [3.05, 3.63) is 69.3 Å². The predicted molar refractivity (Wildman–Crippen MR) is 121 cm³/mol. The number of hydrogen-bond acceptors (Lipinski definition) is 4. The number of aromatic nitrogens is 2. The molecular formula is C23H25BrN4O3. The summed E-state index contributed by atoms with van der Waals surface area (Å²) in [7, 11) is 0. The molecular weight excluding hydrogens is 460 g/mol. The largest absolute Gasteiger partial charge is 0.459 e. The molecule has 0 radical (unpaired) electrons. The molecule has 0 bridgehead atoms. The van der Waals surface area contributed by atoms with Crippen LogP contribution in [0.3, 0.4) is 0 Å². The monoisotopic (exact) mass is 484 g/mol. The van der Waals surface area contributed by atoms with Crippen LogP contribution < -0.4 is 5.32 Å². The molecule has 162 valence electrons. The molecule has 1 N–H and O–H groups in total. The van der Waals surface area contributed by atoms with Crippen LogP contribution in [0.15, 0.2) is 45.5 Å². The number of halogens is 1. The van der Waals surface area contributed by atoms with Crippen molar-refractivity contribution in [2.45, 2.75) is 39.7 Å². The predicted octanol–water partition coefficient (Wildman–Crippen LogP) is 4.19. The van der Waals surface area contributed by atoms with Crippen LogP contribution in [0.1, 0.15) is 50.7 Å². The summed E-state index contributed by atoms with van der Waals surface area (Å²) in [5, 5.41) is 7.63. The van der Waals surface area contributed by atoms with Crippen molar-refractivity contribution in [3.63, 3.8) is 0 Å². The van der Waals surface area contributed by atoms with Gasteiger partial charge in [0, 0.05) is 29.2 Å². The van der Waals surface area contributed by atoms with Crippen molar-refractivity contribution in [1.29, 1.82) is 0 Å². The van der Waals surface area contributed by atoms with E-state index in [-0.39, 0.29) is 17.9 Å². The molecule has 0 spiro atoms. The summed E-state index contributed by atoms with van der Waals surface area (Å²) >= 11 is 3.44. The van der Waals surface area contributed by atoms with Gasteiger partial charge in [-0.05, 0) is 63.9 Å². The lowest BCUT2D eigenvalue weighted by Crippen LogP contribution is -2.46. The third-order valence-corrected chi connectivity index (χ3v) is 6.29. The number of nitrogens with zero attached hydrogens (tertiary/aromatic N) is 3. The zero-order valence-corrected chi connectivity index (χ0v) is 19.4. The highest BCUT2D eigenvalue weighted by Gasteiger charge is 2.29. The Morgan fingerprint density at radius 1 is 1.10 bits per heavy atom. The average Bonchev–Trinajstić information content (AvgIpc) is 3.31. The molecule has 0 saturated carbocycles. The number of likely N-dealkylation sites (tertiary alicyclic amines) is 1. The maximum atomic E-state index is 13.3. The van der Waals surface area contributed by atoms with Gasteiger partial charge in [-0.25, -0.2) is 4.68 Å². The Morgan fingerprint density at radius 2 is 1.77 bits per heavy atom. The summed E-state index contributed by atoms with van der Waals surface area (Å²) in [5.41, 5.74) is 3.93. The van der Waals surface area contributed by atoms with Crippen molar-refractivity contribution in [1.82, 2.24) is 20.0 Å². The van der Waals surface area contributed by atoms with Gasteiger partial charge in [-0.3, -0.25) is 9.59 Å². The van der Waals surface area contributed by atoms with Gasteiger partial charge >= 0.3 is 0 Å². The first-order valence-corrected chi connectivity index (χ1v) is 11.1. The third-order valence-electron chi connectivity index (χ3n) is 5.76. The maximum Gasteiger partial charge on any atom is 0.287 e. The standard InChI is InChI=1S/C23H25BrN4O3/c1-14-10-13-31-21(14)22(29)25-18-8-11-27(12-9-18)23(30)20-15(2)26-28(16(20)3)19-6-4-17(24)5-7-19/h4-7,10,13,18H,8-9,11-12H2,1-3H3,(H,25,29). The molecule has 3 heterocycles. The van der Waals surface area contributed by atoms with E-state index in [9.17, 15) is 9.59 Å². The lowest BCUT2D eigenvalue weighted by molar-refractivity contribution is 0.0694. The number of piperidine rings is 1. The summed E-state index contributed by atoms with van der Waals surface area (Å²) in [4.78, 5) is 27.5. The van der Waals surface area contributed by atoms with E-state index in [4.69, 9.17) is 4.42 Å². The van der Waals surface area contributed by atoms with Gasteiger partial charge in [0.1, 0.15) is 0 Å². The van der Waals surface area contributed by atoms with Gasteiger partial charge in [0.2, 0.25) is 0 Å². The van der Waals surface area contributed by atoms with Crippen molar-refractivity contribution in [2.24, 2.45) is 0 Å². The van der Waals surface area contributed by atoms with Crippen LogP contribution in [0.25, 0.3) is 5.69 Å². The number of nitrogens with one attached hydrogen (secondary N) is 1. The molecule has 1 aromatic carbocycles. The highest BCUT2D eigenvalue weighted by atomic mass is 79.9. The number of benzene rings is 1. The van der Waals surface area contributed by atoms with Crippen molar-refractivity contribution < 1.29 is 14.0 Å². The number of furan rings is 1. The van der Waals surface area contributed by atoms with E-state index in [1.165, 1.54) is 6.26 Å². The van der Waals surface area contributed by atoms with Gasteiger partial charge < -0.3 is 14.6 Å². The van der Waals surface area contributed by atoms with Crippen LogP contribution >= 0.6 is 15.9 Å². The van der Waals surface area contributed by atoms with E-state index in [1.54, 1.807) is 6.07 Å². The summed E-state index contributed by atoms with van der Waals surface area (Å²) < 4.78 is 8.07. The van der Waals surface area contributed by atoms with E-state index in [1.807, 2.05) is 54.6 Å². The summed E-state index contributed by atoms with van der Waals surface area (Å²) in [6.45, 7) is 6.81. The molecule has 4 rings (SSSR count). The fraction of sp³-hybridized carbons (Fsp3) is 0.348. The minimum Gasteiger partial charge on any atom is -0.459 e. The van der Waals surface area contributed by atoms with E-state index in [2.05, 4.69) is 26.3 Å². The minimum atomic E-state index is -0.199. The first-order valence-electron chi connectivity index (χ1n) is 10.3. The number of rotatable bonds is 4. The first kappa shape index (κ1) is 21.4. The fourth-order valence-corrected chi connectivity index (χ4v) is 4.29. The first-order chi connectivity index (χ1) is 14.8. The number of carbonyl (C=O) groups excluding carboxylic acids is 2. The lowest BCUT2D eigenvalue weighted by Gasteiger charge is -2.32. The SMILES string of the molecule is Cc1ccoc1C(=O)NC1CCN(C(=O)c2c(C)nn(-c3ccc(Br)cc3)c2C)CC1. The maximum absolute atomic E-state index is 13.3. The molecule has 1 saturated heterocycles. The van der Waals surface area contributed by atoms with Gasteiger partial charge in [-0.2, -0.15) is 5.10 Å². The summed E-state index contributed by atoms with van der Waals surface area (Å²) in [6, 6.07) is 9.63. The zero-order valence-electron chi connectivity index (χ0n) is 17.8. The molecule has 3 aromatic rings. The van der Waals surface area contributed by atoms with Crippen LogP contribution in [-0.2, 0) is 0 Å². The second-order valence-corrected chi connectivity index (χ2v) is 8.82. The normalized spacial score (nSPS) is 14.6. The average molecular weight is 485 g/mol. The summed E-state index contributed by atoms with van der Waals surface area (Å²) in [6.07, 6.45) is 2.93. The Balaban J connectivity index is 1.42. The second kappa shape index (κ2) is 8.70. The topological polar surface area (TPSA) is 80.4 Å². The smallest absolute Gasteiger partial charge is 0.287 e. The molecule has 1 aliphatic heterocycles. The Labute approximate surface area is 189 Å². The van der Waals surface area contributed by atoms with Crippen LogP contribution in [0.2, 0.25) is 0 Å². The molecule has 1 aliphatic rings. The second-order valence-electron chi connectivity index (χ2n) is 7.91. The van der Waals surface area contributed by atoms with E-state index < -0.39 is 0 Å². The molecule has 7 nitrogen and oxygen atoms in total. The van der Waals surface area contributed by atoms with Crippen molar-refractivity contribution in [2.75, 3.05) is 13.1 Å². The molecule has 2 amide bonds. The van der Waals surface area contributed by atoms with Crippen LogP contribution in [0, 0.1) is 20.8 Å². The lowest BCUT2D eigenvalue weighted by atomic mass is 10.0. The van der Waals surface area contributed by atoms with Crippen LogP contribution in [0.5, 0.6) is 0 Å². The molecule has 0 atom stereocenters. The summed E-state index contributed by atoms with van der Waals surface area (Å²) in [5.74, 6) is 0.143. The fourth-order valence-electron chi connectivity index (χ4n) is 4.03. The van der Waals surface area contributed by atoms with Gasteiger partial charge in [-0.15, -0.1) is 0 Å². The van der Waals surface area contributed by atoms with Crippen LogP contribution in [-0.4, -0.2) is 45.6 Å². The number of aryl methyl sites for hydroxylation is 2. The van der Waals surface area contributed by atoms with Gasteiger partial charge in [0.15, 0.2) is 5.76 Å².